The lowest BCUT2D eigenvalue weighted by Crippen LogP contribution is -2.47. The number of carbonyl (C=O) groups is 1. The van der Waals surface area contributed by atoms with Gasteiger partial charge in [-0.05, 0) is 24.1 Å². The second-order valence-electron chi connectivity index (χ2n) is 4.46. The summed E-state index contributed by atoms with van der Waals surface area (Å²) in [5.74, 6) is -2.16. The molecule has 6 heteroatoms. The number of hydrogen-bond acceptors (Lipinski definition) is 2. The molecule has 98 valence electrons. The van der Waals surface area contributed by atoms with Crippen LogP contribution >= 0.6 is 0 Å². The average molecular weight is 256 g/mol. The SMILES string of the molecule is NC1CCN(C(=O)O)CC1c1ccc(F)c(F)c1. The second kappa shape index (κ2) is 4.89. The van der Waals surface area contributed by atoms with E-state index in [0.29, 0.717) is 18.5 Å². The van der Waals surface area contributed by atoms with Gasteiger partial charge in [-0.2, -0.15) is 0 Å². The van der Waals surface area contributed by atoms with Gasteiger partial charge in [-0.1, -0.05) is 6.07 Å². The molecule has 1 saturated heterocycles. The van der Waals surface area contributed by atoms with Crippen LogP contribution in [-0.2, 0) is 0 Å². The van der Waals surface area contributed by atoms with E-state index in [4.69, 9.17) is 10.8 Å². The van der Waals surface area contributed by atoms with Gasteiger partial charge in [0.25, 0.3) is 0 Å². The molecule has 0 bridgehead atoms. The van der Waals surface area contributed by atoms with Crippen molar-refractivity contribution in [3.8, 4) is 0 Å². The molecular weight excluding hydrogens is 242 g/mol. The van der Waals surface area contributed by atoms with Crippen LogP contribution in [0.5, 0.6) is 0 Å². The van der Waals surface area contributed by atoms with Crippen molar-refractivity contribution in [3.05, 3.63) is 35.4 Å². The lowest BCUT2D eigenvalue weighted by molar-refractivity contribution is 0.126. The smallest absolute Gasteiger partial charge is 0.407 e. The summed E-state index contributed by atoms with van der Waals surface area (Å²) in [5, 5.41) is 8.94. The van der Waals surface area contributed by atoms with Crippen LogP contribution in [0.1, 0.15) is 17.9 Å². The maximum atomic E-state index is 13.2. The van der Waals surface area contributed by atoms with Crippen LogP contribution in [0.4, 0.5) is 13.6 Å². The van der Waals surface area contributed by atoms with Crippen molar-refractivity contribution >= 4 is 6.09 Å². The van der Waals surface area contributed by atoms with Gasteiger partial charge in [-0.15, -0.1) is 0 Å². The zero-order chi connectivity index (χ0) is 13.3. The summed E-state index contributed by atoms with van der Waals surface area (Å²) in [4.78, 5) is 12.2. The molecule has 1 aromatic carbocycles. The fraction of sp³-hybridized carbons (Fsp3) is 0.417. The number of piperidine rings is 1. The van der Waals surface area contributed by atoms with Crippen molar-refractivity contribution in [1.29, 1.82) is 0 Å². The van der Waals surface area contributed by atoms with E-state index in [0.717, 1.165) is 12.1 Å². The number of carboxylic acid groups (broad SMARTS) is 1. The molecule has 1 aromatic rings. The molecule has 1 aliphatic heterocycles. The molecule has 2 unspecified atom stereocenters. The predicted octanol–water partition coefficient (Wildman–Crippen LogP) is 1.76. The third-order valence-corrected chi connectivity index (χ3v) is 3.31. The molecule has 0 radical (unpaired) electrons. The third kappa shape index (κ3) is 2.43. The molecule has 0 spiro atoms. The molecular formula is C12H14F2N2O2. The highest BCUT2D eigenvalue weighted by molar-refractivity contribution is 5.65. The number of rotatable bonds is 1. The molecule has 1 heterocycles. The van der Waals surface area contributed by atoms with Crippen molar-refractivity contribution < 1.29 is 18.7 Å². The fourth-order valence-electron chi connectivity index (χ4n) is 2.24. The van der Waals surface area contributed by atoms with Gasteiger partial charge in [0.2, 0.25) is 0 Å². The summed E-state index contributed by atoms with van der Waals surface area (Å²) in [6, 6.07) is 3.34. The Morgan fingerprint density at radius 3 is 2.72 bits per heavy atom. The average Bonchev–Trinajstić information content (AvgIpc) is 2.33. The largest absolute Gasteiger partial charge is 0.465 e. The van der Waals surface area contributed by atoms with Gasteiger partial charge in [0.05, 0.1) is 0 Å². The molecule has 1 amide bonds. The number of halogens is 2. The highest BCUT2D eigenvalue weighted by Crippen LogP contribution is 2.27. The van der Waals surface area contributed by atoms with Crippen molar-refractivity contribution in [2.45, 2.75) is 18.4 Å². The van der Waals surface area contributed by atoms with Crippen molar-refractivity contribution in [2.24, 2.45) is 5.73 Å². The first-order valence-electron chi connectivity index (χ1n) is 5.67. The molecule has 2 rings (SSSR count). The minimum absolute atomic E-state index is 0.210. The number of nitrogens with zero attached hydrogens (tertiary/aromatic N) is 1. The van der Waals surface area contributed by atoms with Crippen LogP contribution in [0.2, 0.25) is 0 Å². The summed E-state index contributed by atoms with van der Waals surface area (Å²) >= 11 is 0. The first-order chi connectivity index (χ1) is 8.49. The van der Waals surface area contributed by atoms with E-state index in [1.54, 1.807) is 0 Å². The Hall–Kier alpha value is -1.69. The van der Waals surface area contributed by atoms with Gasteiger partial charge >= 0.3 is 6.09 Å². The number of amides is 1. The van der Waals surface area contributed by atoms with Crippen LogP contribution in [0.15, 0.2) is 18.2 Å². The van der Waals surface area contributed by atoms with Gasteiger partial charge in [-0.3, -0.25) is 0 Å². The minimum Gasteiger partial charge on any atom is -0.465 e. The molecule has 1 aliphatic rings. The van der Waals surface area contributed by atoms with Crippen molar-refractivity contribution in [2.75, 3.05) is 13.1 Å². The van der Waals surface area contributed by atoms with Gasteiger partial charge in [0.1, 0.15) is 0 Å². The van der Waals surface area contributed by atoms with Crippen LogP contribution in [0, 0.1) is 11.6 Å². The summed E-state index contributed by atoms with van der Waals surface area (Å²) in [5.41, 5.74) is 6.46. The molecule has 0 aliphatic carbocycles. The quantitative estimate of drug-likeness (QED) is 0.804. The van der Waals surface area contributed by atoms with Crippen LogP contribution in [0.3, 0.4) is 0 Å². The van der Waals surface area contributed by atoms with Crippen molar-refractivity contribution in [3.63, 3.8) is 0 Å². The predicted molar refractivity (Wildman–Crippen MR) is 61.3 cm³/mol. The van der Waals surface area contributed by atoms with Gasteiger partial charge < -0.3 is 15.7 Å². The molecule has 0 saturated carbocycles. The second-order valence-corrected chi connectivity index (χ2v) is 4.46. The first-order valence-corrected chi connectivity index (χ1v) is 5.67. The Morgan fingerprint density at radius 2 is 2.11 bits per heavy atom. The van der Waals surface area contributed by atoms with E-state index in [1.165, 1.54) is 11.0 Å². The normalized spacial score (nSPS) is 24.1. The Morgan fingerprint density at radius 1 is 1.39 bits per heavy atom. The van der Waals surface area contributed by atoms with Gasteiger partial charge in [-0.25, -0.2) is 13.6 Å². The van der Waals surface area contributed by atoms with E-state index in [-0.39, 0.29) is 18.5 Å². The zero-order valence-corrected chi connectivity index (χ0v) is 9.64. The lowest BCUT2D eigenvalue weighted by atomic mass is 9.86. The van der Waals surface area contributed by atoms with E-state index >= 15 is 0 Å². The Labute approximate surface area is 103 Å². The summed E-state index contributed by atoms with van der Waals surface area (Å²) in [7, 11) is 0. The molecule has 0 aromatic heterocycles. The van der Waals surface area contributed by atoms with E-state index in [1.807, 2.05) is 0 Å². The molecule has 4 nitrogen and oxygen atoms in total. The summed E-state index contributed by atoms with van der Waals surface area (Å²) < 4.78 is 26.0. The highest BCUT2D eigenvalue weighted by atomic mass is 19.2. The Bertz CT molecular complexity index is 467. The lowest BCUT2D eigenvalue weighted by Gasteiger charge is -2.35. The Balaban J connectivity index is 2.24. The van der Waals surface area contributed by atoms with Crippen LogP contribution in [-0.4, -0.2) is 35.2 Å². The topological polar surface area (TPSA) is 66.6 Å². The molecule has 18 heavy (non-hydrogen) atoms. The summed E-state index contributed by atoms with van der Waals surface area (Å²) in [6.07, 6.45) is -0.509. The standard InChI is InChI=1S/C12H14F2N2O2/c13-9-2-1-7(5-10(9)14)8-6-16(12(17)18)4-3-11(8)15/h1-2,5,8,11H,3-4,6,15H2,(H,17,18). The highest BCUT2D eigenvalue weighted by Gasteiger charge is 2.30. The maximum Gasteiger partial charge on any atom is 0.407 e. The number of hydrogen-bond donors (Lipinski definition) is 2. The number of likely N-dealkylation sites (tertiary alicyclic amines) is 1. The van der Waals surface area contributed by atoms with E-state index in [9.17, 15) is 13.6 Å². The first kappa shape index (κ1) is 12.8. The summed E-state index contributed by atoms with van der Waals surface area (Å²) in [6.45, 7) is 0.582. The molecule has 2 atom stereocenters. The maximum absolute atomic E-state index is 13.2. The Kier molecular flexibility index (Phi) is 3.47. The fourth-order valence-corrected chi connectivity index (χ4v) is 2.24. The van der Waals surface area contributed by atoms with E-state index < -0.39 is 17.7 Å². The third-order valence-electron chi connectivity index (χ3n) is 3.31. The van der Waals surface area contributed by atoms with Gasteiger partial charge in [0.15, 0.2) is 11.6 Å². The molecule has 3 N–H and O–H groups in total. The van der Waals surface area contributed by atoms with E-state index in [2.05, 4.69) is 0 Å². The molecule has 1 fully saturated rings. The van der Waals surface area contributed by atoms with Crippen molar-refractivity contribution in [1.82, 2.24) is 4.90 Å². The van der Waals surface area contributed by atoms with Crippen LogP contribution in [0.25, 0.3) is 0 Å². The number of benzene rings is 1. The zero-order valence-electron chi connectivity index (χ0n) is 9.64. The minimum atomic E-state index is -1.02. The van der Waals surface area contributed by atoms with Gasteiger partial charge in [0, 0.05) is 25.0 Å². The number of nitrogens with two attached hydrogens (primary N) is 1. The van der Waals surface area contributed by atoms with Crippen LogP contribution < -0.4 is 5.73 Å². The monoisotopic (exact) mass is 256 g/mol.